The predicted molar refractivity (Wildman–Crippen MR) is 57.9 cm³/mol. The van der Waals surface area contributed by atoms with Crippen LogP contribution in [0.15, 0.2) is 48.8 Å². The molecule has 0 aliphatic heterocycles. The molecule has 0 aliphatic rings. The van der Waals surface area contributed by atoms with Crippen molar-refractivity contribution in [3.8, 4) is 0 Å². The number of hydrogen-bond acceptors (Lipinski definition) is 2. The second-order valence-electron chi connectivity index (χ2n) is 2.94. The second-order valence-corrected chi connectivity index (χ2v) is 2.94. The van der Waals surface area contributed by atoms with Crippen LogP contribution >= 0.6 is 0 Å². The summed E-state index contributed by atoms with van der Waals surface area (Å²) in [6, 6.07) is 11.7. The van der Waals surface area contributed by atoms with Gasteiger partial charge in [0.1, 0.15) is 0 Å². The van der Waals surface area contributed by atoms with Gasteiger partial charge in [0.2, 0.25) is 0 Å². The van der Waals surface area contributed by atoms with Crippen molar-refractivity contribution >= 4 is 0 Å². The SMILES string of the molecule is Cc1ccccn1.Cc1ccccn1.[Pt]. The van der Waals surface area contributed by atoms with Crippen LogP contribution in [0.25, 0.3) is 0 Å². The molecule has 2 aromatic rings. The molecule has 3 heteroatoms. The molecule has 82 valence electrons. The number of pyridine rings is 2. The first-order valence-corrected chi connectivity index (χ1v) is 4.54. The van der Waals surface area contributed by atoms with E-state index in [0.717, 1.165) is 11.4 Å². The Morgan fingerprint density at radius 3 is 1.27 bits per heavy atom. The van der Waals surface area contributed by atoms with Gasteiger partial charge in [0.05, 0.1) is 0 Å². The van der Waals surface area contributed by atoms with Gasteiger partial charge in [-0.2, -0.15) is 0 Å². The van der Waals surface area contributed by atoms with Gasteiger partial charge in [-0.15, -0.1) is 0 Å². The van der Waals surface area contributed by atoms with E-state index in [1.165, 1.54) is 0 Å². The van der Waals surface area contributed by atoms with E-state index in [9.17, 15) is 0 Å². The van der Waals surface area contributed by atoms with Crippen LogP contribution in [0.4, 0.5) is 0 Å². The first kappa shape index (κ1) is 14.0. The third-order valence-electron chi connectivity index (χ3n) is 1.63. The molecular formula is C12H14N2Pt. The fourth-order valence-electron chi connectivity index (χ4n) is 0.896. The molecule has 2 heterocycles. The van der Waals surface area contributed by atoms with Crippen molar-refractivity contribution in [3.05, 3.63) is 60.2 Å². The summed E-state index contributed by atoms with van der Waals surface area (Å²) in [6.07, 6.45) is 3.57. The quantitative estimate of drug-likeness (QED) is 0.702. The summed E-state index contributed by atoms with van der Waals surface area (Å²) in [6.45, 7) is 3.94. The van der Waals surface area contributed by atoms with Crippen molar-refractivity contribution in [1.29, 1.82) is 0 Å². The Morgan fingerprint density at radius 2 is 1.13 bits per heavy atom. The summed E-state index contributed by atoms with van der Waals surface area (Å²) in [7, 11) is 0. The molecule has 0 aromatic carbocycles. The summed E-state index contributed by atoms with van der Waals surface area (Å²) in [5.74, 6) is 0. The van der Waals surface area contributed by atoms with Gasteiger partial charge in [0.25, 0.3) is 0 Å². The van der Waals surface area contributed by atoms with Crippen molar-refractivity contribution in [2.24, 2.45) is 0 Å². The van der Waals surface area contributed by atoms with Gasteiger partial charge in [-0.25, -0.2) is 0 Å². The summed E-state index contributed by atoms with van der Waals surface area (Å²) in [4.78, 5) is 7.96. The van der Waals surface area contributed by atoms with Crippen LogP contribution in [0.3, 0.4) is 0 Å². The summed E-state index contributed by atoms with van der Waals surface area (Å²) >= 11 is 0. The Labute approximate surface area is 105 Å². The molecule has 0 bridgehead atoms. The van der Waals surface area contributed by atoms with E-state index in [1.54, 1.807) is 12.4 Å². The molecule has 0 unspecified atom stereocenters. The molecule has 0 aliphatic carbocycles. The van der Waals surface area contributed by atoms with E-state index in [4.69, 9.17) is 0 Å². The zero-order valence-corrected chi connectivity index (χ0v) is 11.1. The molecule has 0 radical (unpaired) electrons. The smallest absolute Gasteiger partial charge is 0.0372 e. The monoisotopic (exact) mass is 381 g/mol. The Bertz CT molecular complexity index is 311. The first-order valence-electron chi connectivity index (χ1n) is 4.54. The molecule has 2 rings (SSSR count). The fourth-order valence-corrected chi connectivity index (χ4v) is 0.896. The standard InChI is InChI=1S/2C6H7N.Pt/c2*1-6-4-2-3-5-7-6;/h2*2-5H,1H3;. The number of aryl methyl sites for hydroxylation is 2. The summed E-state index contributed by atoms with van der Waals surface area (Å²) in [5.41, 5.74) is 2.14. The molecular weight excluding hydrogens is 367 g/mol. The van der Waals surface area contributed by atoms with Gasteiger partial charge in [-0.3, -0.25) is 9.97 Å². The van der Waals surface area contributed by atoms with E-state index < -0.39 is 0 Å². The van der Waals surface area contributed by atoms with Crippen molar-refractivity contribution in [3.63, 3.8) is 0 Å². The molecule has 0 atom stereocenters. The van der Waals surface area contributed by atoms with Crippen LogP contribution in [-0.4, -0.2) is 9.97 Å². The van der Waals surface area contributed by atoms with E-state index in [2.05, 4.69) is 9.97 Å². The van der Waals surface area contributed by atoms with E-state index in [0.29, 0.717) is 0 Å². The van der Waals surface area contributed by atoms with E-state index in [-0.39, 0.29) is 21.1 Å². The molecule has 0 saturated heterocycles. The van der Waals surface area contributed by atoms with Crippen LogP contribution in [0.2, 0.25) is 0 Å². The van der Waals surface area contributed by atoms with Crippen molar-refractivity contribution in [2.75, 3.05) is 0 Å². The van der Waals surface area contributed by atoms with Crippen LogP contribution in [-0.2, 0) is 21.1 Å². The van der Waals surface area contributed by atoms with Gasteiger partial charge >= 0.3 is 0 Å². The van der Waals surface area contributed by atoms with Crippen LogP contribution in [0.5, 0.6) is 0 Å². The zero-order chi connectivity index (χ0) is 10.2. The topological polar surface area (TPSA) is 25.8 Å². The molecule has 0 amide bonds. The minimum Gasteiger partial charge on any atom is -0.262 e. The molecule has 2 aromatic heterocycles. The minimum absolute atomic E-state index is 0. The molecule has 0 spiro atoms. The van der Waals surface area contributed by atoms with Gasteiger partial charge in [-0.05, 0) is 38.1 Å². The Balaban J connectivity index is 0.000000245. The molecule has 0 fully saturated rings. The van der Waals surface area contributed by atoms with Gasteiger partial charge in [0.15, 0.2) is 0 Å². The number of aromatic nitrogens is 2. The molecule has 15 heavy (non-hydrogen) atoms. The molecule has 0 saturated carbocycles. The van der Waals surface area contributed by atoms with Crippen LogP contribution in [0.1, 0.15) is 11.4 Å². The van der Waals surface area contributed by atoms with Crippen molar-refractivity contribution in [2.45, 2.75) is 13.8 Å². The maximum atomic E-state index is 3.98. The van der Waals surface area contributed by atoms with E-state index in [1.807, 2.05) is 50.2 Å². The third kappa shape index (κ3) is 6.98. The molecule has 0 N–H and O–H groups in total. The normalized spacial score (nSPS) is 8.13. The average molecular weight is 381 g/mol. The van der Waals surface area contributed by atoms with Gasteiger partial charge in [0, 0.05) is 44.8 Å². The fraction of sp³-hybridized carbons (Fsp3) is 0.167. The summed E-state index contributed by atoms with van der Waals surface area (Å²) in [5, 5.41) is 0. The molecule has 2 nitrogen and oxygen atoms in total. The minimum atomic E-state index is 0. The number of rotatable bonds is 0. The maximum absolute atomic E-state index is 3.98. The predicted octanol–water partition coefficient (Wildman–Crippen LogP) is 2.78. The van der Waals surface area contributed by atoms with Crippen LogP contribution < -0.4 is 0 Å². The third-order valence-corrected chi connectivity index (χ3v) is 1.63. The Hall–Kier alpha value is -1.01. The Morgan fingerprint density at radius 1 is 0.733 bits per heavy atom. The number of hydrogen-bond donors (Lipinski definition) is 0. The van der Waals surface area contributed by atoms with Crippen LogP contribution in [0, 0.1) is 13.8 Å². The van der Waals surface area contributed by atoms with Gasteiger partial charge < -0.3 is 0 Å². The van der Waals surface area contributed by atoms with Gasteiger partial charge in [-0.1, -0.05) is 12.1 Å². The average Bonchev–Trinajstić information content (AvgIpc) is 2.21. The number of nitrogens with zero attached hydrogens (tertiary/aromatic N) is 2. The first-order chi connectivity index (χ1) is 6.79. The second kappa shape index (κ2) is 8.31. The maximum Gasteiger partial charge on any atom is 0.0372 e. The van der Waals surface area contributed by atoms with Crippen molar-refractivity contribution < 1.29 is 21.1 Å². The Kier molecular flexibility index (Phi) is 7.75. The zero-order valence-electron chi connectivity index (χ0n) is 8.83. The van der Waals surface area contributed by atoms with E-state index >= 15 is 0 Å². The van der Waals surface area contributed by atoms with Crippen molar-refractivity contribution in [1.82, 2.24) is 9.97 Å². The summed E-state index contributed by atoms with van der Waals surface area (Å²) < 4.78 is 0. The largest absolute Gasteiger partial charge is 0.262 e.